The van der Waals surface area contributed by atoms with Crippen LogP contribution in [0.25, 0.3) is 199 Å². The molecule has 0 saturated heterocycles. The van der Waals surface area contributed by atoms with Crippen LogP contribution in [-0.4, -0.2) is 38.2 Å². The van der Waals surface area contributed by atoms with Gasteiger partial charge in [0.2, 0.25) is 0 Å². The van der Waals surface area contributed by atoms with Gasteiger partial charge in [0.25, 0.3) is 0 Å². The lowest BCUT2D eigenvalue weighted by molar-refractivity contribution is 1.18. The molecule has 0 saturated carbocycles. The fourth-order valence-electron chi connectivity index (χ4n) is 18.7. The predicted octanol–water partition coefficient (Wildman–Crippen LogP) is 29.5. The van der Waals surface area contributed by atoms with E-state index in [2.05, 4.69) is 408 Å². The standard InChI is InChI=1S/4C30H19N3/c31-20-28-25(15-8-18-32-28)24-12-2-1-11-23(24)21-9-7-10-22(19-21)33-29-16-5-3-13-26(29)27-14-4-6-17-30(27)33;31-18-21-16-23(20-32-19-21)26-11-2-1-10-25(26)22-8-7-9-24(17-22)33-29-14-5-3-12-27(29)28-13-4-6-15-30(28)33;31-19-23-17-16-22(20-32-23)26-11-2-1-10-25(26)21-8-7-9-24(18-21)33-29-14-5-3-12-27(29)28-13-4-6-15-30(28)33;31-19-22-16-17-32-20-28(22)25-11-2-1-10-24(25)21-8-7-9-23(18-21)33-29-14-5-3-12-26(29)27-13-4-6-15-30(27)33/h1-19H;1-17,19-20H;2*1-18,20H. The van der Waals surface area contributed by atoms with Crippen molar-refractivity contribution in [3.63, 3.8) is 0 Å². The van der Waals surface area contributed by atoms with Crippen molar-refractivity contribution in [1.29, 1.82) is 21.0 Å². The Kier molecular flexibility index (Phi) is 21.8. The van der Waals surface area contributed by atoms with Gasteiger partial charge in [-0.2, -0.15) is 21.0 Å². The summed E-state index contributed by atoms with van der Waals surface area (Å²) in [5.41, 5.74) is 32.6. The van der Waals surface area contributed by atoms with Gasteiger partial charge in [0, 0.05) is 125 Å². The van der Waals surface area contributed by atoms with E-state index in [1.807, 2.05) is 72.9 Å². The monoisotopic (exact) mass is 1680 g/mol. The third-order valence-electron chi connectivity index (χ3n) is 24.5. The molecule has 0 radical (unpaired) electrons. The molecule has 8 heterocycles. The van der Waals surface area contributed by atoms with Gasteiger partial charge >= 0.3 is 0 Å². The Hall–Kier alpha value is -18.7. The van der Waals surface area contributed by atoms with E-state index >= 15 is 0 Å². The van der Waals surface area contributed by atoms with Gasteiger partial charge in [0.1, 0.15) is 29.6 Å². The summed E-state index contributed by atoms with van der Waals surface area (Å²) in [5.74, 6) is 0. The van der Waals surface area contributed by atoms with Crippen molar-refractivity contribution < 1.29 is 0 Å². The Morgan fingerprint density at radius 2 is 0.508 bits per heavy atom. The molecule has 616 valence electrons. The molecule has 0 bridgehead atoms. The number of hydrogen-bond acceptors (Lipinski definition) is 8. The van der Waals surface area contributed by atoms with E-state index in [1.165, 1.54) is 87.2 Å². The van der Waals surface area contributed by atoms with E-state index in [-0.39, 0.29) is 0 Å². The zero-order valence-electron chi connectivity index (χ0n) is 71.2. The summed E-state index contributed by atoms with van der Waals surface area (Å²) in [6, 6.07) is 156. The topological polar surface area (TPSA) is 166 Å². The third kappa shape index (κ3) is 15.1. The van der Waals surface area contributed by atoms with Crippen LogP contribution in [0.3, 0.4) is 0 Å². The number of rotatable bonds is 12. The average Bonchev–Trinajstić information content (AvgIpc) is 1.61. The molecule has 0 unspecified atom stereocenters. The summed E-state index contributed by atoms with van der Waals surface area (Å²) in [6.45, 7) is 0. The quantitative estimate of drug-likeness (QED) is 0.117. The van der Waals surface area contributed by atoms with Crippen molar-refractivity contribution in [1.82, 2.24) is 38.2 Å². The van der Waals surface area contributed by atoms with E-state index < -0.39 is 0 Å². The highest BCUT2D eigenvalue weighted by Crippen LogP contribution is 2.44. The molecule has 0 amide bonds. The molecule has 132 heavy (non-hydrogen) atoms. The maximum atomic E-state index is 9.63. The first kappa shape index (κ1) is 80.4. The average molecular weight is 1690 g/mol. The molecule has 0 spiro atoms. The van der Waals surface area contributed by atoms with Gasteiger partial charge < -0.3 is 18.3 Å². The van der Waals surface area contributed by atoms with E-state index in [0.29, 0.717) is 22.5 Å². The van der Waals surface area contributed by atoms with Crippen molar-refractivity contribution in [3.8, 4) is 136 Å². The second-order valence-electron chi connectivity index (χ2n) is 32.0. The SMILES string of the molecule is N#Cc1ccc(-c2ccccc2-c2cccc(-n3c4ccccc4c4ccccc43)c2)cn1.N#Cc1ccncc1-c1ccccc1-c1cccc(-n2c3ccccc3c3ccccc32)c1.N#Cc1cncc(-c2ccccc2-c2cccc(-n3c4ccccc4c4ccccc43)c2)c1.N#Cc1ncccc1-c1ccccc1-c1cccc(-n2c3ccccc3c3ccccc32)c1. The molecule has 8 aromatic heterocycles. The van der Waals surface area contributed by atoms with Crippen molar-refractivity contribution >= 4 is 87.2 Å². The highest BCUT2D eigenvalue weighted by Gasteiger charge is 2.22. The van der Waals surface area contributed by atoms with E-state index in [1.54, 1.807) is 43.1 Å². The summed E-state index contributed by atoms with van der Waals surface area (Å²) in [7, 11) is 0. The van der Waals surface area contributed by atoms with Crippen molar-refractivity contribution in [2.75, 3.05) is 0 Å². The van der Waals surface area contributed by atoms with Crippen LogP contribution in [0.2, 0.25) is 0 Å². The molecular formula is C120H76N12. The summed E-state index contributed by atoms with van der Waals surface area (Å²) < 4.78 is 9.30. The predicted molar refractivity (Wildman–Crippen MR) is 537 cm³/mol. The van der Waals surface area contributed by atoms with Gasteiger partial charge in [-0.25, -0.2) is 9.97 Å². The fraction of sp³-hybridized carbons (Fsp3) is 0. The zero-order valence-corrected chi connectivity index (χ0v) is 71.2. The number of fused-ring (bicyclic) bond motifs is 12. The number of nitrogens with zero attached hydrogens (tertiary/aromatic N) is 12. The highest BCUT2D eigenvalue weighted by molar-refractivity contribution is 6.13. The first-order valence-electron chi connectivity index (χ1n) is 43.5. The second-order valence-corrected chi connectivity index (χ2v) is 32.0. The Morgan fingerprint density at radius 1 is 0.189 bits per heavy atom. The van der Waals surface area contributed by atoms with Gasteiger partial charge in [-0.1, -0.05) is 291 Å². The third-order valence-corrected chi connectivity index (χ3v) is 24.5. The van der Waals surface area contributed by atoms with Crippen LogP contribution in [0.1, 0.15) is 22.5 Å². The van der Waals surface area contributed by atoms with Crippen LogP contribution in [0.4, 0.5) is 0 Å². The Bertz CT molecular complexity index is 8290. The minimum absolute atomic E-state index is 0.421. The molecule has 0 fully saturated rings. The van der Waals surface area contributed by atoms with Crippen LogP contribution in [0, 0.1) is 45.3 Å². The maximum Gasteiger partial charge on any atom is 0.148 e. The molecule has 16 aromatic carbocycles. The lowest BCUT2D eigenvalue weighted by Gasteiger charge is -2.14. The molecule has 0 aliphatic heterocycles. The van der Waals surface area contributed by atoms with Gasteiger partial charge in [-0.3, -0.25) is 9.97 Å². The molecule has 12 nitrogen and oxygen atoms in total. The molecule has 24 aromatic rings. The summed E-state index contributed by atoms with van der Waals surface area (Å²) in [5, 5.41) is 47.6. The normalized spacial score (nSPS) is 11.0. The van der Waals surface area contributed by atoms with Crippen LogP contribution in [-0.2, 0) is 0 Å². The molecule has 0 aliphatic rings. The molecule has 0 atom stereocenters. The summed E-state index contributed by atoms with van der Waals surface area (Å²) >= 11 is 0. The number of aromatic nitrogens is 8. The number of benzene rings is 16. The molecule has 0 N–H and O–H groups in total. The van der Waals surface area contributed by atoms with E-state index in [0.717, 1.165) is 112 Å². The lowest BCUT2D eigenvalue weighted by atomic mass is 9.93. The number of nitriles is 4. The molecular weight excluding hydrogens is 1610 g/mol. The van der Waals surface area contributed by atoms with Gasteiger partial charge in [-0.15, -0.1) is 0 Å². The largest absolute Gasteiger partial charge is 0.309 e. The van der Waals surface area contributed by atoms with E-state index in [4.69, 9.17) is 5.26 Å². The fourth-order valence-corrected chi connectivity index (χ4v) is 18.7. The van der Waals surface area contributed by atoms with Crippen molar-refractivity contribution in [2.24, 2.45) is 0 Å². The van der Waals surface area contributed by atoms with Gasteiger partial charge in [0.15, 0.2) is 0 Å². The van der Waals surface area contributed by atoms with Crippen LogP contribution in [0.15, 0.2) is 462 Å². The number of hydrogen-bond donors (Lipinski definition) is 0. The van der Waals surface area contributed by atoms with E-state index in [9.17, 15) is 15.8 Å². The summed E-state index contributed by atoms with van der Waals surface area (Å²) in [6.07, 6.45) is 10.3. The second kappa shape index (κ2) is 35.7. The first-order valence-corrected chi connectivity index (χ1v) is 43.5. The van der Waals surface area contributed by atoms with Crippen molar-refractivity contribution in [2.45, 2.75) is 0 Å². The van der Waals surface area contributed by atoms with Crippen LogP contribution < -0.4 is 0 Å². The highest BCUT2D eigenvalue weighted by atomic mass is 15.0. The van der Waals surface area contributed by atoms with Crippen molar-refractivity contribution in [3.05, 3.63) is 484 Å². The molecule has 24 rings (SSSR count). The van der Waals surface area contributed by atoms with Crippen LogP contribution >= 0.6 is 0 Å². The number of pyridine rings is 4. The van der Waals surface area contributed by atoms with Gasteiger partial charge in [-0.05, 0) is 200 Å². The molecule has 12 heteroatoms. The Morgan fingerprint density at radius 3 is 0.841 bits per heavy atom. The smallest absolute Gasteiger partial charge is 0.148 e. The molecule has 0 aliphatic carbocycles. The Balaban J connectivity index is 0.000000106. The lowest BCUT2D eigenvalue weighted by Crippen LogP contribution is -1.95. The number of para-hydroxylation sites is 8. The minimum Gasteiger partial charge on any atom is -0.309 e. The minimum atomic E-state index is 0.421. The zero-order chi connectivity index (χ0) is 88.8. The summed E-state index contributed by atoms with van der Waals surface area (Å²) in [4.78, 5) is 17.1. The Labute approximate surface area is 761 Å². The van der Waals surface area contributed by atoms with Gasteiger partial charge in [0.05, 0.1) is 61.3 Å². The first-order chi connectivity index (χ1) is 65.4. The maximum absolute atomic E-state index is 9.63. The van der Waals surface area contributed by atoms with Crippen LogP contribution in [0.5, 0.6) is 0 Å².